The maximum atomic E-state index is 10.9. The molecule has 4 aliphatic rings. The number of aliphatic hydroxyl groups excluding tert-OH is 3. The average Bonchev–Trinajstić information content (AvgIpc) is 2.77. The van der Waals surface area contributed by atoms with Gasteiger partial charge in [-0.15, -0.1) is 0 Å². The highest BCUT2D eigenvalue weighted by Gasteiger charge is 2.61. The zero-order chi connectivity index (χ0) is 15.7. The molecule has 0 aromatic heterocycles. The van der Waals surface area contributed by atoms with E-state index < -0.39 is 0 Å². The Morgan fingerprint density at radius 1 is 0.955 bits per heavy atom. The topological polar surface area (TPSA) is 60.7 Å². The summed E-state index contributed by atoms with van der Waals surface area (Å²) in [7, 11) is 0. The van der Waals surface area contributed by atoms with E-state index in [1.807, 2.05) is 6.08 Å². The first-order valence-corrected chi connectivity index (χ1v) is 9.11. The highest BCUT2D eigenvalue weighted by atomic mass is 16.3. The lowest BCUT2D eigenvalue weighted by atomic mass is 9.46. The highest BCUT2D eigenvalue weighted by Crippen LogP contribution is 2.65. The van der Waals surface area contributed by atoms with Crippen molar-refractivity contribution in [3.63, 3.8) is 0 Å². The fraction of sp³-hybridized carbons (Fsp3) is 0.895. The van der Waals surface area contributed by atoms with Crippen molar-refractivity contribution in [3.8, 4) is 0 Å². The summed E-state index contributed by atoms with van der Waals surface area (Å²) in [5, 5.41) is 31.3. The molecule has 3 saturated carbocycles. The van der Waals surface area contributed by atoms with Gasteiger partial charge in [0.1, 0.15) is 0 Å². The van der Waals surface area contributed by atoms with E-state index >= 15 is 0 Å². The zero-order valence-corrected chi connectivity index (χ0v) is 13.8. The second-order valence-corrected chi connectivity index (χ2v) is 8.91. The molecule has 0 heterocycles. The van der Waals surface area contributed by atoms with Gasteiger partial charge in [-0.2, -0.15) is 0 Å². The van der Waals surface area contributed by atoms with Crippen molar-refractivity contribution in [1.82, 2.24) is 0 Å². The van der Waals surface area contributed by atoms with Crippen LogP contribution in [0.4, 0.5) is 0 Å². The van der Waals surface area contributed by atoms with Gasteiger partial charge in [-0.25, -0.2) is 0 Å². The molecule has 0 saturated heterocycles. The van der Waals surface area contributed by atoms with E-state index in [1.165, 1.54) is 5.57 Å². The first-order chi connectivity index (χ1) is 10.4. The van der Waals surface area contributed by atoms with Crippen molar-refractivity contribution < 1.29 is 15.3 Å². The summed E-state index contributed by atoms with van der Waals surface area (Å²) in [5.74, 6) is 1.30. The number of aliphatic hydroxyl groups is 3. The summed E-state index contributed by atoms with van der Waals surface area (Å²) in [5.41, 5.74) is 1.45. The third kappa shape index (κ3) is 1.85. The second kappa shape index (κ2) is 4.81. The molecule has 4 aliphatic carbocycles. The average molecular weight is 306 g/mol. The van der Waals surface area contributed by atoms with Crippen LogP contribution in [0.3, 0.4) is 0 Å². The van der Waals surface area contributed by atoms with Crippen LogP contribution in [0.15, 0.2) is 11.6 Å². The van der Waals surface area contributed by atoms with Crippen molar-refractivity contribution >= 4 is 0 Å². The zero-order valence-electron chi connectivity index (χ0n) is 13.8. The Labute approximate surface area is 133 Å². The fourth-order valence-corrected chi connectivity index (χ4v) is 6.65. The Morgan fingerprint density at radius 3 is 2.50 bits per heavy atom. The minimum Gasteiger partial charge on any atom is -0.393 e. The molecule has 4 rings (SSSR count). The normalized spacial score (nSPS) is 57.6. The van der Waals surface area contributed by atoms with Crippen LogP contribution in [0.25, 0.3) is 0 Å². The molecular formula is C19H30O3. The molecule has 3 fully saturated rings. The van der Waals surface area contributed by atoms with Gasteiger partial charge >= 0.3 is 0 Å². The molecule has 0 aliphatic heterocycles. The Morgan fingerprint density at radius 2 is 1.73 bits per heavy atom. The molecule has 0 unspecified atom stereocenters. The fourth-order valence-electron chi connectivity index (χ4n) is 6.65. The molecule has 0 aromatic rings. The van der Waals surface area contributed by atoms with Gasteiger partial charge in [-0.3, -0.25) is 0 Å². The van der Waals surface area contributed by atoms with Crippen LogP contribution in [-0.4, -0.2) is 33.6 Å². The molecule has 3 nitrogen and oxygen atoms in total. The van der Waals surface area contributed by atoms with Crippen molar-refractivity contribution in [2.45, 2.75) is 77.1 Å². The molecule has 3 heteroatoms. The summed E-state index contributed by atoms with van der Waals surface area (Å²) in [4.78, 5) is 0. The summed E-state index contributed by atoms with van der Waals surface area (Å²) in [6, 6.07) is 0. The molecular weight excluding hydrogens is 276 g/mol. The molecule has 0 bridgehead atoms. The molecule has 0 aromatic carbocycles. The molecule has 0 amide bonds. The maximum absolute atomic E-state index is 10.9. The van der Waals surface area contributed by atoms with Gasteiger partial charge in [0.05, 0.1) is 18.3 Å². The van der Waals surface area contributed by atoms with Gasteiger partial charge in [0.15, 0.2) is 0 Å². The molecule has 0 spiro atoms. The Hall–Kier alpha value is -0.380. The number of hydrogen-bond acceptors (Lipinski definition) is 3. The van der Waals surface area contributed by atoms with Crippen LogP contribution in [0.2, 0.25) is 0 Å². The first-order valence-electron chi connectivity index (χ1n) is 9.11. The third-order valence-electron chi connectivity index (χ3n) is 8.06. The van der Waals surface area contributed by atoms with Crippen LogP contribution in [0.1, 0.15) is 58.8 Å². The lowest BCUT2D eigenvalue weighted by Gasteiger charge is -2.59. The molecule has 8 atom stereocenters. The Balaban J connectivity index is 1.72. The highest BCUT2D eigenvalue weighted by molar-refractivity contribution is 5.27. The van der Waals surface area contributed by atoms with Crippen LogP contribution in [0.5, 0.6) is 0 Å². The van der Waals surface area contributed by atoms with E-state index in [1.54, 1.807) is 0 Å². The van der Waals surface area contributed by atoms with E-state index in [4.69, 9.17) is 0 Å². The standard InChI is InChI=1S/C19H30O3/c1-18-7-5-12(20)9-11(18)10-15(21)17-13-3-4-16(22)19(13,2)8-6-14(17)18/h9,12-17,20-22H,3-8,10H2,1-2H3/t12-,13-,14-,15-,16-,17-,18-,19-/m0/s1. The van der Waals surface area contributed by atoms with Crippen LogP contribution in [-0.2, 0) is 0 Å². The molecule has 124 valence electrons. The minimum atomic E-state index is -0.325. The van der Waals surface area contributed by atoms with Gasteiger partial charge in [-0.1, -0.05) is 25.5 Å². The lowest BCUT2D eigenvalue weighted by molar-refractivity contribution is -0.121. The van der Waals surface area contributed by atoms with Crippen LogP contribution in [0, 0.1) is 28.6 Å². The monoisotopic (exact) mass is 306 g/mol. The quantitative estimate of drug-likeness (QED) is 0.603. The second-order valence-electron chi connectivity index (χ2n) is 8.91. The largest absolute Gasteiger partial charge is 0.393 e. The summed E-state index contributed by atoms with van der Waals surface area (Å²) >= 11 is 0. The van der Waals surface area contributed by atoms with Gasteiger partial charge in [0.2, 0.25) is 0 Å². The van der Waals surface area contributed by atoms with Gasteiger partial charge in [0.25, 0.3) is 0 Å². The number of rotatable bonds is 0. The molecule has 22 heavy (non-hydrogen) atoms. The van der Waals surface area contributed by atoms with E-state index in [0.717, 1.165) is 44.9 Å². The van der Waals surface area contributed by atoms with Gasteiger partial charge < -0.3 is 15.3 Å². The van der Waals surface area contributed by atoms with Gasteiger partial charge in [0, 0.05) is 0 Å². The lowest BCUT2D eigenvalue weighted by Crippen LogP contribution is -2.56. The molecule has 0 radical (unpaired) electrons. The van der Waals surface area contributed by atoms with Crippen molar-refractivity contribution in [3.05, 3.63) is 11.6 Å². The number of fused-ring (bicyclic) bond motifs is 5. The van der Waals surface area contributed by atoms with E-state index in [9.17, 15) is 15.3 Å². The number of hydrogen-bond donors (Lipinski definition) is 3. The van der Waals surface area contributed by atoms with Crippen LogP contribution >= 0.6 is 0 Å². The van der Waals surface area contributed by atoms with E-state index in [2.05, 4.69) is 13.8 Å². The predicted octanol–water partition coefficient (Wildman–Crippen LogP) is 2.64. The Kier molecular flexibility index (Phi) is 3.32. The third-order valence-corrected chi connectivity index (χ3v) is 8.06. The minimum absolute atomic E-state index is 0.00784. The molecule has 3 N–H and O–H groups in total. The summed E-state index contributed by atoms with van der Waals surface area (Å²) in [6.07, 6.45) is 7.97. The smallest absolute Gasteiger partial charge is 0.0724 e. The SMILES string of the molecule is C[C@]12CC[C@H]3[C@@H]([C@@H](O)CC4=C[C@@H](O)CC[C@@]43C)[C@@H]1CC[C@@H]2O. The summed E-state index contributed by atoms with van der Waals surface area (Å²) in [6.45, 7) is 4.61. The van der Waals surface area contributed by atoms with E-state index in [-0.39, 0.29) is 29.1 Å². The van der Waals surface area contributed by atoms with Crippen molar-refractivity contribution in [2.24, 2.45) is 28.6 Å². The van der Waals surface area contributed by atoms with Crippen molar-refractivity contribution in [1.29, 1.82) is 0 Å². The van der Waals surface area contributed by atoms with Gasteiger partial charge in [-0.05, 0) is 73.5 Å². The Bertz CT molecular complexity index is 501. The predicted molar refractivity (Wildman–Crippen MR) is 85.1 cm³/mol. The van der Waals surface area contributed by atoms with E-state index in [0.29, 0.717) is 17.8 Å². The van der Waals surface area contributed by atoms with Crippen molar-refractivity contribution in [2.75, 3.05) is 0 Å². The summed E-state index contributed by atoms with van der Waals surface area (Å²) < 4.78 is 0. The maximum Gasteiger partial charge on any atom is 0.0724 e. The van der Waals surface area contributed by atoms with Crippen LogP contribution < -0.4 is 0 Å². The first kappa shape index (κ1) is 15.2.